The number of hydrogen-bond donors (Lipinski definition) is 0. The van der Waals surface area contributed by atoms with Gasteiger partial charge in [-0.2, -0.15) is 0 Å². The molecule has 0 N–H and O–H groups in total. The molecule has 0 spiro atoms. The lowest BCUT2D eigenvalue weighted by molar-refractivity contribution is -0.136. The fourth-order valence-corrected chi connectivity index (χ4v) is 5.97. The monoisotopic (exact) mass is 564 g/mol. The van der Waals surface area contributed by atoms with Gasteiger partial charge in [-0.05, 0) is 84.9 Å². The van der Waals surface area contributed by atoms with Crippen molar-refractivity contribution in [3.05, 3.63) is 66.9 Å². The minimum Gasteiger partial charge on any atom is -0.494 e. The molecule has 2 aliphatic heterocycles. The van der Waals surface area contributed by atoms with E-state index in [-0.39, 0.29) is 17.4 Å². The summed E-state index contributed by atoms with van der Waals surface area (Å²) in [5.41, 5.74) is 3.06. The van der Waals surface area contributed by atoms with Crippen molar-refractivity contribution in [1.82, 2.24) is 9.80 Å². The average molecular weight is 566 g/mol. The molecular formula is C22H18Br2N2O4S. The lowest BCUT2D eigenvalue weighted by Crippen LogP contribution is -2.44. The Balaban J connectivity index is 1.48. The molecule has 9 heteroatoms. The van der Waals surface area contributed by atoms with Crippen molar-refractivity contribution in [3.63, 3.8) is 0 Å². The molecule has 0 saturated carbocycles. The van der Waals surface area contributed by atoms with E-state index in [1.54, 1.807) is 30.2 Å². The molecule has 0 aromatic heterocycles. The van der Waals surface area contributed by atoms with E-state index in [2.05, 4.69) is 37.9 Å². The van der Waals surface area contributed by atoms with Crippen LogP contribution in [0.4, 0.5) is 4.79 Å². The summed E-state index contributed by atoms with van der Waals surface area (Å²) < 4.78 is 6.72. The fraction of sp³-hybridized carbons (Fsp3) is 0.227. The number of thioether (sulfide) groups is 1. The van der Waals surface area contributed by atoms with E-state index in [9.17, 15) is 14.4 Å². The van der Waals surface area contributed by atoms with E-state index in [1.807, 2.05) is 18.2 Å². The lowest BCUT2D eigenvalue weighted by Gasteiger charge is -2.29. The van der Waals surface area contributed by atoms with Gasteiger partial charge in [0.2, 0.25) is 5.91 Å². The molecule has 0 radical (unpaired) electrons. The molecule has 2 heterocycles. The predicted molar refractivity (Wildman–Crippen MR) is 127 cm³/mol. The maximum absolute atomic E-state index is 12.8. The van der Waals surface area contributed by atoms with Gasteiger partial charge < -0.3 is 9.64 Å². The maximum Gasteiger partial charge on any atom is 0.294 e. The molecule has 2 aromatic carbocycles. The Bertz CT molecular complexity index is 1100. The van der Waals surface area contributed by atoms with Crippen molar-refractivity contribution in [1.29, 1.82) is 0 Å². The SMILES string of the molecule is COc1c(Br)cc(/C=C2\SC(=O)N(CC(=O)N3CCc4ccccc4C3)C2=O)cc1Br. The highest BCUT2D eigenvalue weighted by atomic mass is 79.9. The van der Waals surface area contributed by atoms with Gasteiger partial charge in [-0.25, -0.2) is 0 Å². The number of nitrogens with zero attached hydrogens (tertiary/aromatic N) is 2. The second-order valence-corrected chi connectivity index (χ2v) is 9.82. The van der Waals surface area contributed by atoms with Crippen LogP contribution in [-0.2, 0) is 22.6 Å². The third kappa shape index (κ3) is 4.58. The quantitative estimate of drug-likeness (QED) is 0.496. The first-order chi connectivity index (χ1) is 14.9. The second kappa shape index (κ2) is 9.18. The molecule has 0 unspecified atom stereocenters. The summed E-state index contributed by atoms with van der Waals surface area (Å²) in [4.78, 5) is 41.1. The second-order valence-electron chi connectivity index (χ2n) is 7.12. The number of carbonyl (C=O) groups is 3. The first kappa shape index (κ1) is 22.1. The summed E-state index contributed by atoms with van der Waals surface area (Å²) in [5, 5.41) is -0.436. The number of benzene rings is 2. The number of hydrogen-bond acceptors (Lipinski definition) is 5. The van der Waals surface area contributed by atoms with Gasteiger partial charge in [0.15, 0.2) is 0 Å². The number of carbonyl (C=O) groups excluding carboxylic acids is 3. The molecule has 1 saturated heterocycles. The molecular weight excluding hydrogens is 548 g/mol. The van der Waals surface area contributed by atoms with Gasteiger partial charge in [-0.15, -0.1) is 0 Å². The molecule has 2 aromatic rings. The molecule has 4 rings (SSSR count). The smallest absolute Gasteiger partial charge is 0.294 e. The zero-order valence-corrected chi connectivity index (χ0v) is 20.5. The standard InChI is InChI=1S/C22H18Br2N2O4S/c1-30-20-16(23)8-13(9-17(20)24)10-18-21(28)26(22(29)31-18)12-19(27)25-7-6-14-4-2-3-5-15(14)11-25/h2-5,8-10H,6-7,11-12H2,1H3/b18-10-. The summed E-state index contributed by atoms with van der Waals surface area (Å²) >= 11 is 7.70. The maximum atomic E-state index is 12.8. The number of fused-ring (bicyclic) bond motifs is 1. The highest BCUT2D eigenvalue weighted by Crippen LogP contribution is 2.37. The van der Waals surface area contributed by atoms with E-state index in [0.717, 1.165) is 43.2 Å². The van der Waals surface area contributed by atoms with Gasteiger partial charge in [-0.1, -0.05) is 24.3 Å². The van der Waals surface area contributed by atoms with E-state index in [0.29, 0.717) is 18.8 Å². The Morgan fingerprint density at radius 2 is 1.84 bits per heavy atom. The topological polar surface area (TPSA) is 66.9 Å². The first-order valence-corrected chi connectivity index (χ1v) is 11.9. The van der Waals surface area contributed by atoms with Gasteiger partial charge in [-0.3, -0.25) is 19.3 Å². The van der Waals surface area contributed by atoms with E-state index in [1.165, 1.54) is 5.56 Å². The molecule has 1 fully saturated rings. The molecule has 0 aliphatic carbocycles. The predicted octanol–water partition coefficient (Wildman–Crippen LogP) is 4.84. The van der Waals surface area contributed by atoms with Crippen LogP contribution < -0.4 is 4.74 Å². The molecule has 0 atom stereocenters. The Hall–Kier alpha value is -2.10. The Morgan fingerprint density at radius 1 is 1.16 bits per heavy atom. The van der Waals surface area contributed by atoms with Crippen molar-refractivity contribution >= 4 is 66.8 Å². The van der Waals surface area contributed by atoms with Gasteiger partial charge in [0.1, 0.15) is 12.3 Å². The largest absolute Gasteiger partial charge is 0.494 e. The van der Waals surface area contributed by atoms with Gasteiger partial charge in [0.05, 0.1) is 21.0 Å². The first-order valence-electron chi connectivity index (χ1n) is 9.50. The van der Waals surface area contributed by atoms with Crippen LogP contribution in [-0.4, -0.2) is 47.1 Å². The molecule has 3 amide bonds. The number of amides is 3. The fourth-order valence-electron chi connectivity index (χ4n) is 3.59. The zero-order valence-electron chi connectivity index (χ0n) is 16.6. The zero-order chi connectivity index (χ0) is 22.1. The summed E-state index contributed by atoms with van der Waals surface area (Å²) in [7, 11) is 1.56. The van der Waals surface area contributed by atoms with Gasteiger partial charge in [0, 0.05) is 13.1 Å². The Kier molecular flexibility index (Phi) is 6.55. The molecule has 2 aliphatic rings. The van der Waals surface area contributed by atoms with E-state index >= 15 is 0 Å². The van der Waals surface area contributed by atoms with Crippen LogP contribution in [0.2, 0.25) is 0 Å². The molecule has 6 nitrogen and oxygen atoms in total. The lowest BCUT2D eigenvalue weighted by atomic mass is 10.00. The van der Waals surface area contributed by atoms with Crippen LogP contribution in [0, 0.1) is 0 Å². The number of imide groups is 1. The summed E-state index contributed by atoms with van der Waals surface area (Å²) in [5.74, 6) is -0.0456. The van der Waals surface area contributed by atoms with Crippen LogP contribution in [0.1, 0.15) is 16.7 Å². The summed E-state index contributed by atoms with van der Waals surface area (Å²) in [6, 6.07) is 11.6. The van der Waals surface area contributed by atoms with Gasteiger partial charge >= 0.3 is 0 Å². The Labute approximate surface area is 200 Å². The van der Waals surface area contributed by atoms with Crippen molar-refractivity contribution in [2.45, 2.75) is 13.0 Å². The summed E-state index contributed by atoms with van der Waals surface area (Å²) in [6.07, 6.45) is 2.41. The van der Waals surface area contributed by atoms with Crippen molar-refractivity contribution in [2.24, 2.45) is 0 Å². The van der Waals surface area contributed by atoms with Crippen molar-refractivity contribution in [2.75, 3.05) is 20.2 Å². The number of halogens is 2. The average Bonchev–Trinajstić information content (AvgIpc) is 3.00. The van der Waals surface area contributed by atoms with Gasteiger partial charge in [0.25, 0.3) is 11.1 Å². The third-order valence-electron chi connectivity index (χ3n) is 5.17. The Morgan fingerprint density at radius 3 is 2.52 bits per heavy atom. The molecule has 160 valence electrons. The van der Waals surface area contributed by atoms with E-state index in [4.69, 9.17) is 4.74 Å². The minimum atomic E-state index is -0.455. The van der Waals surface area contributed by atoms with Crippen LogP contribution >= 0.6 is 43.6 Å². The van der Waals surface area contributed by atoms with Crippen LogP contribution in [0.25, 0.3) is 6.08 Å². The van der Waals surface area contributed by atoms with Crippen LogP contribution in [0.15, 0.2) is 50.2 Å². The third-order valence-corrected chi connectivity index (χ3v) is 7.26. The van der Waals surface area contributed by atoms with Crippen molar-refractivity contribution < 1.29 is 19.1 Å². The number of methoxy groups -OCH3 is 1. The number of rotatable bonds is 4. The normalized spacial score (nSPS) is 17.3. The van der Waals surface area contributed by atoms with Crippen LogP contribution in [0.5, 0.6) is 5.75 Å². The molecule has 0 bridgehead atoms. The van der Waals surface area contributed by atoms with Crippen molar-refractivity contribution in [3.8, 4) is 5.75 Å². The highest BCUT2D eigenvalue weighted by molar-refractivity contribution is 9.11. The minimum absolute atomic E-state index is 0.229. The summed E-state index contributed by atoms with van der Waals surface area (Å²) in [6.45, 7) is 0.824. The molecule has 31 heavy (non-hydrogen) atoms. The van der Waals surface area contributed by atoms with E-state index < -0.39 is 11.1 Å². The number of ether oxygens (including phenoxy) is 1. The highest BCUT2D eigenvalue weighted by Gasteiger charge is 2.37. The van der Waals surface area contributed by atoms with Crippen LogP contribution in [0.3, 0.4) is 0 Å².